The summed E-state index contributed by atoms with van der Waals surface area (Å²) in [4.78, 5) is 9.33. The smallest absolute Gasteiger partial charge is 0.204 e. The van der Waals surface area contributed by atoms with Gasteiger partial charge in [0.2, 0.25) is 7.37 Å². The van der Waals surface area contributed by atoms with Crippen LogP contribution >= 0.6 is 7.37 Å². The van der Waals surface area contributed by atoms with Crippen molar-refractivity contribution in [3.63, 3.8) is 0 Å². The molecule has 1 aromatic carbocycles. The fraction of sp³-hybridized carbons (Fsp3) is 0.333. The Morgan fingerprint density at radius 1 is 1.33 bits per heavy atom. The second-order valence-corrected chi connectivity index (χ2v) is 5.45. The summed E-state index contributed by atoms with van der Waals surface area (Å²) in [5.74, 6) is 0. The third-order valence-corrected chi connectivity index (χ3v) is 3.61. The summed E-state index contributed by atoms with van der Waals surface area (Å²) in [5.41, 5.74) is 0.935. The lowest BCUT2D eigenvalue weighted by molar-refractivity contribution is 0.478. The number of hydrogen-bond acceptors (Lipinski definition) is 1. The summed E-state index contributed by atoms with van der Waals surface area (Å²) in [6.45, 7) is 1.74. The van der Waals surface area contributed by atoms with Gasteiger partial charge in [0.15, 0.2) is 0 Å². The Kier molecular flexibility index (Phi) is 3.07. The molecule has 1 atom stereocenters. The highest BCUT2D eigenvalue weighted by Crippen LogP contribution is 2.43. The summed E-state index contributed by atoms with van der Waals surface area (Å²) in [6, 6.07) is 9.41. The summed E-state index contributed by atoms with van der Waals surface area (Å²) in [6.07, 6.45) is 0.645. The van der Waals surface area contributed by atoms with Gasteiger partial charge in [0, 0.05) is 12.3 Å². The molecule has 0 amide bonds. The number of rotatable bonds is 3. The molecule has 0 fully saturated rings. The zero-order chi connectivity index (χ0) is 9.03. The van der Waals surface area contributed by atoms with Gasteiger partial charge >= 0.3 is 0 Å². The van der Waals surface area contributed by atoms with E-state index in [1.165, 1.54) is 0 Å². The maximum atomic E-state index is 11.3. The Labute approximate surface area is 72.7 Å². The first kappa shape index (κ1) is 9.50. The second-order valence-electron chi connectivity index (χ2n) is 2.81. The van der Waals surface area contributed by atoms with Crippen molar-refractivity contribution in [1.82, 2.24) is 0 Å². The topological polar surface area (TPSA) is 37.3 Å². The van der Waals surface area contributed by atoms with Gasteiger partial charge in [-0.25, -0.2) is 0 Å². The maximum absolute atomic E-state index is 11.3. The molecule has 2 nitrogen and oxygen atoms in total. The largest absolute Gasteiger partial charge is 0.344 e. The minimum Gasteiger partial charge on any atom is -0.344 e. The van der Waals surface area contributed by atoms with E-state index in [1.807, 2.05) is 30.3 Å². The van der Waals surface area contributed by atoms with Gasteiger partial charge in [0.05, 0.1) is 0 Å². The fourth-order valence-electron chi connectivity index (χ4n) is 0.981. The zero-order valence-electron chi connectivity index (χ0n) is 7.10. The van der Waals surface area contributed by atoms with Crippen molar-refractivity contribution >= 4 is 7.37 Å². The lowest BCUT2D eigenvalue weighted by Crippen LogP contribution is -1.89. The minimum absolute atomic E-state index is 0.296. The predicted molar refractivity (Wildman–Crippen MR) is 50.5 cm³/mol. The van der Waals surface area contributed by atoms with Crippen LogP contribution < -0.4 is 0 Å². The summed E-state index contributed by atoms with van der Waals surface area (Å²) >= 11 is 0. The van der Waals surface area contributed by atoms with Crippen LogP contribution in [0.15, 0.2) is 30.3 Å². The van der Waals surface area contributed by atoms with E-state index in [-0.39, 0.29) is 0 Å². The molecule has 12 heavy (non-hydrogen) atoms. The van der Waals surface area contributed by atoms with E-state index in [0.717, 1.165) is 5.56 Å². The zero-order valence-corrected chi connectivity index (χ0v) is 8.00. The molecule has 0 saturated heterocycles. The Morgan fingerprint density at radius 2 is 1.92 bits per heavy atom. The van der Waals surface area contributed by atoms with Gasteiger partial charge in [-0.05, 0) is 5.56 Å². The summed E-state index contributed by atoms with van der Waals surface area (Å²) < 4.78 is 11.3. The molecule has 1 aromatic rings. The molecule has 1 unspecified atom stereocenters. The number of hydrogen-bond donors (Lipinski definition) is 1. The van der Waals surface area contributed by atoms with Crippen LogP contribution in [-0.2, 0) is 10.7 Å². The van der Waals surface area contributed by atoms with Crippen molar-refractivity contribution in [2.24, 2.45) is 0 Å². The molecule has 0 aromatic heterocycles. The Hall–Kier alpha value is -0.590. The molecule has 0 bridgehead atoms. The van der Waals surface area contributed by atoms with Gasteiger partial charge in [-0.1, -0.05) is 37.3 Å². The van der Waals surface area contributed by atoms with Crippen molar-refractivity contribution in [1.29, 1.82) is 0 Å². The van der Waals surface area contributed by atoms with Crippen molar-refractivity contribution in [3.8, 4) is 0 Å². The van der Waals surface area contributed by atoms with Crippen LogP contribution in [0.4, 0.5) is 0 Å². The Balaban J connectivity index is 2.71. The molecule has 0 saturated carbocycles. The first-order valence-electron chi connectivity index (χ1n) is 3.99. The van der Waals surface area contributed by atoms with Crippen LogP contribution in [0.5, 0.6) is 0 Å². The van der Waals surface area contributed by atoms with Gasteiger partial charge in [-0.15, -0.1) is 0 Å². The third kappa shape index (κ3) is 2.80. The molecule has 1 N–H and O–H groups in total. The highest BCUT2D eigenvalue weighted by Gasteiger charge is 2.14. The summed E-state index contributed by atoms with van der Waals surface area (Å²) in [5, 5.41) is 0. The summed E-state index contributed by atoms with van der Waals surface area (Å²) in [7, 11) is -2.90. The molecular weight excluding hydrogens is 171 g/mol. The lowest BCUT2D eigenvalue weighted by atomic mass is 10.2. The van der Waals surface area contributed by atoms with Gasteiger partial charge in [0.25, 0.3) is 0 Å². The molecule has 0 spiro atoms. The average Bonchev–Trinajstić information content (AvgIpc) is 2.06. The van der Waals surface area contributed by atoms with Crippen LogP contribution in [-0.4, -0.2) is 11.1 Å². The van der Waals surface area contributed by atoms with Crippen molar-refractivity contribution < 1.29 is 9.46 Å². The maximum Gasteiger partial charge on any atom is 0.204 e. The first-order valence-corrected chi connectivity index (χ1v) is 6.02. The van der Waals surface area contributed by atoms with E-state index in [0.29, 0.717) is 12.3 Å². The van der Waals surface area contributed by atoms with Gasteiger partial charge < -0.3 is 4.89 Å². The molecule has 66 valence electrons. The van der Waals surface area contributed by atoms with Crippen LogP contribution in [0.25, 0.3) is 0 Å². The van der Waals surface area contributed by atoms with E-state index < -0.39 is 7.37 Å². The van der Waals surface area contributed by atoms with Crippen LogP contribution in [0.1, 0.15) is 12.5 Å². The molecular formula is C9H13O2P. The van der Waals surface area contributed by atoms with E-state index >= 15 is 0 Å². The predicted octanol–water partition coefficient (Wildman–Crippen LogP) is 2.48. The molecule has 0 heterocycles. The standard InChI is InChI=1S/C9H13O2P/c1-2-12(10,11)8-9-6-4-3-5-7-9/h3-7H,2,8H2,1H3,(H,10,11). The van der Waals surface area contributed by atoms with Crippen molar-refractivity contribution in [2.45, 2.75) is 13.1 Å². The Morgan fingerprint density at radius 3 is 2.42 bits per heavy atom. The highest BCUT2D eigenvalue weighted by atomic mass is 31.2. The quantitative estimate of drug-likeness (QED) is 0.732. The van der Waals surface area contributed by atoms with E-state index in [2.05, 4.69) is 0 Å². The normalized spacial score (nSPS) is 15.5. The molecule has 3 heteroatoms. The SMILES string of the molecule is CCP(=O)(O)Cc1ccccc1. The highest BCUT2D eigenvalue weighted by molar-refractivity contribution is 7.57. The van der Waals surface area contributed by atoms with Crippen molar-refractivity contribution in [2.75, 3.05) is 6.16 Å². The first-order chi connectivity index (χ1) is 5.64. The molecule has 0 aliphatic heterocycles. The lowest BCUT2D eigenvalue weighted by Gasteiger charge is -2.07. The molecule has 0 radical (unpaired) electrons. The van der Waals surface area contributed by atoms with Crippen LogP contribution in [0.3, 0.4) is 0 Å². The van der Waals surface area contributed by atoms with E-state index in [1.54, 1.807) is 6.92 Å². The van der Waals surface area contributed by atoms with Gasteiger partial charge in [-0.3, -0.25) is 4.57 Å². The molecule has 1 rings (SSSR count). The van der Waals surface area contributed by atoms with E-state index in [4.69, 9.17) is 0 Å². The Bertz CT molecular complexity index is 282. The molecule has 0 aliphatic carbocycles. The van der Waals surface area contributed by atoms with E-state index in [9.17, 15) is 9.46 Å². The number of benzene rings is 1. The molecule has 0 aliphatic rings. The van der Waals surface area contributed by atoms with Crippen molar-refractivity contribution in [3.05, 3.63) is 35.9 Å². The van der Waals surface area contributed by atoms with Crippen LogP contribution in [0, 0.1) is 0 Å². The van der Waals surface area contributed by atoms with Crippen LogP contribution in [0.2, 0.25) is 0 Å². The third-order valence-electron chi connectivity index (χ3n) is 1.77. The second kappa shape index (κ2) is 3.88. The minimum atomic E-state index is -2.90. The fourth-order valence-corrected chi connectivity index (χ4v) is 1.99. The monoisotopic (exact) mass is 184 g/mol. The average molecular weight is 184 g/mol. The van der Waals surface area contributed by atoms with Gasteiger partial charge in [0.1, 0.15) is 0 Å². The van der Waals surface area contributed by atoms with Gasteiger partial charge in [-0.2, -0.15) is 0 Å².